The van der Waals surface area contributed by atoms with Crippen molar-refractivity contribution in [3.63, 3.8) is 0 Å². The first-order valence-corrected chi connectivity index (χ1v) is 14.5. The maximum atomic E-state index is 5.02. The van der Waals surface area contributed by atoms with Gasteiger partial charge in [-0.15, -0.1) is 0 Å². The molecule has 2 heterocycles. The molecule has 0 bridgehead atoms. The second-order valence-electron chi connectivity index (χ2n) is 10.2. The molecule has 8 rings (SSSR count). The Balaban J connectivity index is 1.27. The van der Waals surface area contributed by atoms with Gasteiger partial charge in [0.05, 0.1) is 0 Å². The number of hydrogen-bond acceptors (Lipinski definition) is 5. The number of nitrogens with zero attached hydrogens (tertiary/aromatic N) is 3. The minimum Gasteiger partial charge on any atom is -0.368 e. The molecule has 0 fully saturated rings. The van der Waals surface area contributed by atoms with E-state index in [2.05, 4.69) is 108 Å². The number of anilines is 1. The van der Waals surface area contributed by atoms with Gasteiger partial charge in [-0.2, -0.15) is 0 Å². The fraction of sp³-hybridized carbons (Fsp3) is 0.0278. The predicted octanol–water partition coefficient (Wildman–Crippen LogP) is 9.40. The highest BCUT2D eigenvalue weighted by Gasteiger charge is 2.25. The second kappa shape index (κ2) is 9.88. The van der Waals surface area contributed by atoms with Crippen molar-refractivity contribution in [3.8, 4) is 34.2 Å². The summed E-state index contributed by atoms with van der Waals surface area (Å²) in [5.41, 5.74) is 5.33. The van der Waals surface area contributed by atoms with E-state index >= 15 is 0 Å². The number of fused-ring (bicyclic) bond motifs is 4. The van der Waals surface area contributed by atoms with E-state index in [1.54, 1.807) is 0 Å². The van der Waals surface area contributed by atoms with Gasteiger partial charge in [0.2, 0.25) is 0 Å². The first kappa shape index (κ1) is 23.9. The third-order valence-corrected chi connectivity index (χ3v) is 8.83. The molecule has 5 heteroatoms. The van der Waals surface area contributed by atoms with Crippen LogP contribution >= 0.6 is 11.8 Å². The third kappa shape index (κ3) is 4.41. The van der Waals surface area contributed by atoms with Gasteiger partial charge in [-0.05, 0) is 45.3 Å². The van der Waals surface area contributed by atoms with E-state index < -0.39 is 0 Å². The van der Waals surface area contributed by atoms with E-state index in [0.29, 0.717) is 17.5 Å². The standard InChI is InChI=1S/C36H24N4S/c1-3-10-25(11-4-1)33-38-34(28-17-15-23-9-7-8-14-27(23)21-28)40-35(39-33)29-18-16-24-19-20-31-32(30(24)22-29)41-36(37-31)26-12-5-2-6-13-26/h1-22,36-37H. The van der Waals surface area contributed by atoms with Crippen molar-refractivity contribution in [1.29, 1.82) is 0 Å². The predicted molar refractivity (Wildman–Crippen MR) is 170 cm³/mol. The van der Waals surface area contributed by atoms with Crippen LogP contribution in [0.25, 0.3) is 55.7 Å². The molecule has 0 radical (unpaired) electrons. The van der Waals surface area contributed by atoms with Crippen LogP contribution in [0.3, 0.4) is 0 Å². The van der Waals surface area contributed by atoms with Crippen molar-refractivity contribution in [2.45, 2.75) is 10.3 Å². The molecule has 1 N–H and O–H groups in total. The average molecular weight is 545 g/mol. The molecule has 0 saturated carbocycles. The Hall–Kier alpha value is -5.00. The summed E-state index contributed by atoms with van der Waals surface area (Å²) >= 11 is 1.86. The maximum Gasteiger partial charge on any atom is 0.164 e. The fourth-order valence-electron chi connectivity index (χ4n) is 5.42. The van der Waals surface area contributed by atoms with Crippen LogP contribution in [-0.2, 0) is 0 Å². The lowest BCUT2D eigenvalue weighted by molar-refractivity contribution is 1.07. The molecule has 1 aliphatic heterocycles. The summed E-state index contributed by atoms with van der Waals surface area (Å²) in [5.74, 6) is 1.99. The van der Waals surface area contributed by atoms with E-state index in [1.165, 1.54) is 26.6 Å². The van der Waals surface area contributed by atoms with Crippen LogP contribution < -0.4 is 5.32 Å². The van der Waals surface area contributed by atoms with Crippen molar-refractivity contribution in [2.24, 2.45) is 0 Å². The minimum atomic E-state index is 0.182. The van der Waals surface area contributed by atoms with Crippen molar-refractivity contribution in [3.05, 3.63) is 139 Å². The molecule has 194 valence electrons. The zero-order valence-electron chi connectivity index (χ0n) is 22.0. The van der Waals surface area contributed by atoms with Crippen molar-refractivity contribution in [2.75, 3.05) is 5.32 Å². The molecule has 0 aliphatic carbocycles. The molecule has 1 aliphatic rings. The van der Waals surface area contributed by atoms with Gasteiger partial charge < -0.3 is 5.32 Å². The molecule has 7 aromatic rings. The molecule has 1 unspecified atom stereocenters. The molecule has 1 atom stereocenters. The normalized spacial score (nSPS) is 14.2. The summed E-state index contributed by atoms with van der Waals surface area (Å²) in [6.07, 6.45) is 0. The van der Waals surface area contributed by atoms with Crippen LogP contribution in [0, 0.1) is 0 Å². The zero-order valence-corrected chi connectivity index (χ0v) is 22.8. The Kier molecular flexibility index (Phi) is 5.75. The van der Waals surface area contributed by atoms with Gasteiger partial charge in [0.15, 0.2) is 17.5 Å². The van der Waals surface area contributed by atoms with Gasteiger partial charge in [-0.25, -0.2) is 15.0 Å². The van der Waals surface area contributed by atoms with Crippen molar-refractivity contribution < 1.29 is 0 Å². The van der Waals surface area contributed by atoms with E-state index in [1.807, 2.05) is 42.1 Å². The SMILES string of the molecule is c1ccc(-c2nc(-c3ccc4ccccc4c3)nc(-c3ccc4ccc5c(c4c3)SC(c3ccccc3)N5)n2)cc1. The number of rotatable bonds is 4. The number of aromatic nitrogens is 3. The minimum absolute atomic E-state index is 0.182. The van der Waals surface area contributed by atoms with Crippen LogP contribution in [0.15, 0.2) is 138 Å². The molecule has 1 aromatic heterocycles. The lowest BCUT2D eigenvalue weighted by atomic mass is 10.0. The Morgan fingerprint density at radius 3 is 1.83 bits per heavy atom. The molecule has 41 heavy (non-hydrogen) atoms. The molecule has 4 nitrogen and oxygen atoms in total. The Labute approximate surface area is 242 Å². The number of thioether (sulfide) groups is 1. The number of nitrogens with one attached hydrogen (secondary N) is 1. The number of benzene rings is 6. The molecule has 0 saturated heterocycles. The Bertz CT molecular complexity index is 2060. The van der Waals surface area contributed by atoms with Gasteiger partial charge in [0.25, 0.3) is 0 Å². The van der Waals surface area contributed by atoms with Gasteiger partial charge in [-0.1, -0.05) is 127 Å². The highest BCUT2D eigenvalue weighted by Crippen LogP contribution is 2.50. The van der Waals surface area contributed by atoms with Gasteiger partial charge in [-0.3, -0.25) is 0 Å². The van der Waals surface area contributed by atoms with E-state index in [0.717, 1.165) is 27.8 Å². The molecule has 0 amide bonds. The fourth-order valence-corrected chi connectivity index (χ4v) is 6.69. The third-order valence-electron chi connectivity index (χ3n) is 7.53. The zero-order chi connectivity index (χ0) is 27.2. The van der Waals surface area contributed by atoms with Gasteiger partial charge in [0, 0.05) is 27.3 Å². The van der Waals surface area contributed by atoms with Gasteiger partial charge >= 0.3 is 0 Å². The monoisotopic (exact) mass is 544 g/mol. The van der Waals surface area contributed by atoms with Gasteiger partial charge in [0.1, 0.15) is 5.37 Å². The number of hydrogen-bond donors (Lipinski definition) is 1. The van der Waals surface area contributed by atoms with Crippen molar-refractivity contribution >= 4 is 39.0 Å². The van der Waals surface area contributed by atoms with Crippen LogP contribution in [0.4, 0.5) is 5.69 Å². The Morgan fingerprint density at radius 1 is 0.488 bits per heavy atom. The molecular weight excluding hydrogens is 520 g/mol. The first-order valence-electron chi connectivity index (χ1n) is 13.6. The summed E-state index contributed by atoms with van der Waals surface area (Å²) in [6.45, 7) is 0. The topological polar surface area (TPSA) is 50.7 Å². The highest BCUT2D eigenvalue weighted by atomic mass is 32.2. The smallest absolute Gasteiger partial charge is 0.164 e. The maximum absolute atomic E-state index is 5.02. The second-order valence-corrected chi connectivity index (χ2v) is 11.3. The van der Waals surface area contributed by atoms with Crippen LogP contribution in [0.5, 0.6) is 0 Å². The molecule has 0 spiro atoms. The van der Waals surface area contributed by atoms with Crippen LogP contribution in [0.2, 0.25) is 0 Å². The van der Waals surface area contributed by atoms with Crippen molar-refractivity contribution in [1.82, 2.24) is 15.0 Å². The largest absolute Gasteiger partial charge is 0.368 e. The lowest BCUT2D eigenvalue weighted by Crippen LogP contribution is -2.00. The molecule has 6 aromatic carbocycles. The summed E-state index contributed by atoms with van der Waals surface area (Å²) in [6, 6.07) is 46.3. The molecular formula is C36H24N4S. The van der Waals surface area contributed by atoms with E-state index in [-0.39, 0.29) is 5.37 Å². The quantitative estimate of drug-likeness (QED) is 0.239. The summed E-state index contributed by atoms with van der Waals surface area (Å²) in [5, 5.41) is 8.63. The van der Waals surface area contributed by atoms with E-state index in [9.17, 15) is 0 Å². The van der Waals surface area contributed by atoms with Crippen LogP contribution in [0.1, 0.15) is 10.9 Å². The highest BCUT2D eigenvalue weighted by molar-refractivity contribution is 8.00. The Morgan fingerprint density at radius 2 is 1.07 bits per heavy atom. The average Bonchev–Trinajstić information content (AvgIpc) is 3.50. The lowest BCUT2D eigenvalue weighted by Gasteiger charge is -2.10. The van der Waals surface area contributed by atoms with Crippen LogP contribution in [-0.4, -0.2) is 15.0 Å². The van der Waals surface area contributed by atoms with E-state index in [4.69, 9.17) is 15.0 Å². The summed E-state index contributed by atoms with van der Waals surface area (Å²) in [7, 11) is 0. The summed E-state index contributed by atoms with van der Waals surface area (Å²) < 4.78 is 0. The first-order chi connectivity index (χ1) is 20.3. The summed E-state index contributed by atoms with van der Waals surface area (Å²) in [4.78, 5) is 16.2.